The summed E-state index contributed by atoms with van der Waals surface area (Å²) < 4.78 is 2.28. The highest BCUT2D eigenvalue weighted by atomic mass is 35.5. The first-order valence-corrected chi connectivity index (χ1v) is 11.8. The SMILES string of the molecule is CN=C(NCc1nnc2n1CCCCC2)NCC1CCCN(C)C1c1cccc(Cl)c1. The highest BCUT2D eigenvalue weighted by molar-refractivity contribution is 6.30. The normalized spacial score (nSPS) is 22.6. The van der Waals surface area contributed by atoms with E-state index in [0.29, 0.717) is 18.5 Å². The van der Waals surface area contributed by atoms with E-state index in [4.69, 9.17) is 11.6 Å². The Morgan fingerprint density at radius 1 is 1.16 bits per heavy atom. The van der Waals surface area contributed by atoms with E-state index in [2.05, 4.69) is 54.5 Å². The van der Waals surface area contributed by atoms with Crippen LogP contribution in [0.2, 0.25) is 5.02 Å². The molecule has 4 rings (SSSR count). The van der Waals surface area contributed by atoms with Crippen LogP contribution in [-0.4, -0.2) is 52.8 Å². The molecule has 0 radical (unpaired) electrons. The fraction of sp³-hybridized carbons (Fsp3) is 0.609. The van der Waals surface area contributed by atoms with Crippen LogP contribution in [0.15, 0.2) is 29.3 Å². The van der Waals surface area contributed by atoms with Gasteiger partial charge < -0.3 is 15.2 Å². The monoisotopic (exact) mass is 443 g/mol. The number of rotatable bonds is 5. The maximum absolute atomic E-state index is 6.28. The standard InChI is InChI=1S/C23H34ClN7/c1-25-23(27-16-21-29-28-20-11-4-3-5-13-31(20)21)26-15-18-9-7-12-30(2)22(18)17-8-6-10-19(24)14-17/h6,8,10,14,18,22H,3-5,7,9,11-13,15-16H2,1-2H3,(H2,25,26,27). The van der Waals surface area contributed by atoms with Gasteiger partial charge in [-0.3, -0.25) is 9.89 Å². The molecule has 3 heterocycles. The maximum Gasteiger partial charge on any atom is 0.191 e. The summed E-state index contributed by atoms with van der Waals surface area (Å²) in [5.74, 6) is 3.41. The summed E-state index contributed by atoms with van der Waals surface area (Å²) in [4.78, 5) is 6.88. The molecule has 8 heteroatoms. The first-order chi connectivity index (χ1) is 15.2. The van der Waals surface area contributed by atoms with Crippen LogP contribution in [0, 0.1) is 5.92 Å². The fourth-order valence-corrected chi connectivity index (χ4v) is 5.18. The third-order valence-corrected chi connectivity index (χ3v) is 6.79. The first-order valence-electron chi connectivity index (χ1n) is 11.5. The molecule has 2 N–H and O–H groups in total. The van der Waals surface area contributed by atoms with Crippen molar-refractivity contribution >= 4 is 17.6 Å². The van der Waals surface area contributed by atoms with Crippen LogP contribution >= 0.6 is 11.6 Å². The largest absolute Gasteiger partial charge is 0.356 e. The smallest absolute Gasteiger partial charge is 0.191 e. The molecule has 2 atom stereocenters. The average Bonchev–Trinajstić information content (AvgIpc) is 3.00. The lowest BCUT2D eigenvalue weighted by molar-refractivity contribution is 0.122. The summed E-state index contributed by atoms with van der Waals surface area (Å²) in [6, 6.07) is 8.64. The van der Waals surface area contributed by atoms with Crippen molar-refractivity contribution in [3.8, 4) is 0 Å². The van der Waals surface area contributed by atoms with Crippen LogP contribution < -0.4 is 10.6 Å². The molecule has 2 aliphatic rings. The van der Waals surface area contributed by atoms with E-state index in [-0.39, 0.29) is 0 Å². The van der Waals surface area contributed by atoms with Crippen molar-refractivity contribution in [2.45, 2.75) is 57.7 Å². The molecule has 1 fully saturated rings. The minimum Gasteiger partial charge on any atom is -0.356 e. The highest BCUT2D eigenvalue weighted by Gasteiger charge is 2.30. The topological polar surface area (TPSA) is 70.4 Å². The molecule has 0 saturated carbocycles. The molecule has 1 saturated heterocycles. The number of aryl methyl sites for hydroxylation is 1. The summed E-state index contributed by atoms with van der Waals surface area (Å²) in [6.07, 6.45) is 7.09. The van der Waals surface area contributed by atoms with Gasteiger partial charge in [0.1, 0.15) is 5.82 Å². The van der Waals surface area contributed by atoms with E-state index in [1.807, 2.05) is 19.2 Å². The second kappa shape index (κ2) is 10.5. The Morgan fingerprint density at radius 3 is 2.90 bits per heavy atom. The van der Waals surface area contributed by atoms with Crippen molar-refractivity contribution in [3.05, 3.63) is 46.5 Å². The van der Waals surface area contributed by atoms with Crippen LogP contribution in [0.1, 0.15) is 55.4 Å². The summed E-state index contributed by atoms with van der Waals surface area (Å²) in [7, 11) is 4.03. The molecule has 168 valence electrons. The molecule has 1 aromatic carbocycles. The molecule has 0 spiro atoms. The van der Waals surface area contributed by atoms with Crippen molar-refractivity contribution in [1.82, 2.24) is 30.3 Å². The number of aliphatic imine (C=N–C) groups is 1. The number of hydrogen-bond acceptors (Lipinski definition) is 4. The van der Waals surface area contributed by atoms with E-state index in [0.717, 1.165) is 48.7 Å². The van der Waals surface area contributed by atoms with Crippen molar-refractivity contribution in [2.24, 2.45) is 10.9 Å². The minimum absolute atomic E-state index is 0.352. The minimum atomic E-state index is 0.352. The highest BCUT2D eigenvalue weighted by Crippen LogP contribution is 2.35. The number of hydrogen-bond donors (Lipinski definition) is 2. The molecule has 7 nitrogen and oxygen atoms in total. The van der Waals surface area contributed by atoms with Gasteiger partial charge in [0.15, 0.2) is 11.8 Å². The molecule has 0 bridgehead atoms. The molecular formula is C23H34ClN7. The van der Waals surface area contributed by atoms with Crippen molar-refractivity contribution in [2.75, 3.05) is 27.2 Å². The molecule has 31 heavy (non-hydrogen) atoms. The Kier molecular flexibility index (Phi) is 7.45. The zero-order valence-electron chi connectivity index (χ0n) is 18.6. The number of aromatic nitrogens is 3. The second-order valence-electron chi connectivity index (χ2n) is 8.68. The van der Waals surface area contributed by atoms with Gasteiger partial charge in [0.2, 0.25) is 0 Å². The number of halogens is 1. The van der Waals surface area contributed by atoms with Crippen molar-refractivity contribution in [1.29, 1.82) is 0 Å². The van der Waals surface area contributed by atoms with Gasteiger partial charge in [0, 0.05) is 37.6 Å². The van der Waals surface area contributed by atoms with Crippen LogP contribution in [0.5, 0.6) is 0 Å². The van der Waals surface area contributed by atoms with Gasteiger partial charge in [-0.25, -0.2) is 0 Å². The van der Waals surface area contributed by atoms with Gasteiger partial charge in [-0.2, -0.15) is 0 Å². The fourth-order valence-electron chi connectivity index (χ4n) is 4.98. The number of guanidine groups is 1. The molecule has 2 aliphatic heterocycles. The molecule has 0 amide bonds. The van der Waals surface area contributed by atoms with Crippen LogP contribution in [0.4, 0.5) is 0 Å². The second-order valence-corrected chi connectivity index (χ2v) is 9.12. The third-order valence-electron chi connectivity index (χ3n) is 6.55. The Morgan fingerprint density at radius 2 is 2.06 bits per heavy atom. The van der Waals surface area contributed by atoms with E-state index in [9.17, 15) is 0 Å². The van der Waals surface area contributed by atoms with Crippen LogP contribution in [-0.2, 0) is 19.5 Å². The van der Waals surface area contributed by atoms with Gasteiger partial charge in [-0.15, -0.1) is 10.2 Å². The number of fused-ring (bicyclic) bond motifs is 1. The molecule has 1 aromatic heterocycles. The quantitative estimate of drug-likeness (QED) is 0.547. The van der Waals surface area contributed by atoms with Gasteiger partial charge >= 0.3 is 0 Å². The average molecular weight is 444 g/mol. The van der Waals surface area contributed by atoms with Crippen molar-refractivity contribution in [3.63, 3.8) is 0 Å². The number of piperidine rings is 1. The Balaban J connectivity index is 1.37. The lowest BCUT2D eigenvalue weighted by Crippen LogP contribution is -2.45. The summed E-state index contributed by atoms with van der Waals surface area (Å²) >= 11 is 6.28. The van der Waals surface area contributed by atoms with Crippen molar-refractivity contribution < 1.29 is 0 Å². The molecule has 0 aliphatic carbocycles. The predicted octanol–water partition coefficient (Wildman–Crippen LogP) is 3.41. The van der Waals surface area contributed by atoms with Gasteiger partial charge in [-0.05, 0) is 62.9 Å². The predicted molar refractivity (Wildman–Crippen MR) is 125 cm³/mol. The maximum atomic E-state index is 6.28. The number of nitrogens with zero attached hydrogens (tertiary/aromatic N) is 5. The summed E-state index contributed by atoms with van der Waals surface area (Å²) in [5, 5.41) is 16.6. The lowest BCUT2D eigenvalue weighted by Gasteiger charge is -2.40. The number of nitrogens with one attached hydrogen (secondary N) is 2. The zero-order valence-corrected chi connectivity index (χ0v) is 19.4. The van der Waals surface area contributed by atoms with Gasteiger partial charge in [-0.1, -0.05) is 30.2 Å². The molecule has 2 aromatic rings. The summed E-state index contributed by atoms with van der Waals surface area (Å²) in [5.41, 5.74) is 1.29. The van der Waals surface area contributed by atoms with Crippen LogP contribution in [0.3, 0.4) is 0 Å². The Bertz CT molecular complexity index is 894. The zero-order chi connectivity index (χ0) is 21.6. The lowest BCUT2D eigenvalue weighted by atomic mass is 9.85. The van der Waals surface area contributed by atoms with Gasteiger partial charge in [0.25, 0.3) is 0 Å². The van der Waals surface area contributed by atoms with E-state index in [1.165, 1.54) is 37.7 Å². The van der Waals surface area contributed by atoms with E-state index < -0.39 is 0 Å². The third kappa shape index (κ3) is 5.39. The Hall–Kier alpha value is -2.12. The van der Waals surface area contributed by atoms with Crippen LogP contribution in [0.25, 0.3) is 0 Å². The first kappa shape index (κ1) is 22.1. The number of benzene rings is 1. The van der Waals surface area contributed by atoms with Gasteiger partial charge in [0.05, 0.1) is 6.54 Å². The van der Waals surface area contributed by atoms with E-state index >= 15 is 0 Å². The van der Waals surface area contributed by atoms with E-state index in [1.54, 1.807) is 0 Å². The molecule has 2 unspecified atom stereocenters. The Labute approximate surface area is 190 Å². The molecular weight excluding hydrogens is 410 g/mol. The number of likely N-dealkylation sites (tertiary alicyclic amines) is 1. The summed E-state index contributed by atoms with van der Waals surface area (Å²) in [6.45, 7) is 3.62.